The molecule has 0 fully saturated rings. The number of hydrogen-bond acceptors (Lipinski definition) is 3. The van der Waals surface area contributed by atoms with E-state index in [0.717, 1.165) is 30.8 Å². The molecule has 0 heterocycles. The second-order valence-electron chi connectivity index (χ2n) is 5.14. The molecule has 0 atom stereocenters. The maximum atomic E-state index is 11.3. The lowest BCUT2D eigenvalue weighted by molar-refractivity contribution is -0.116. The molecule has 0 saturated heterocycles. The molecule has 4 nitrogen and oxygen atoms in total. The van der Waals surface area contributed by atoms with Crippen molar-refractivity contribution in [1.82, 2.24) is 5.32 Å². The molecule has 112 valence electrons. The Kier molecular flexibility index (Phi) is 6.82. The van der Waals surface area contributed by atoms with E-state index in [0.29, 0.717) is 5.02 Å². The van der Waals surface area contributed by atoms with E-state index in [1.807, 2.05) is 36.9 Å². The number of rotatable bonds is 8. The molecule has 1 rings (SSSR count). The standard InChI is InChI=1S/C15H24ClN3O/c1-4-7-18-9-12-8-13(16)5-6-14(12)19(11(2)3)10-15(17)20/h5-6,8,11,18H,4,7,9-10H2,1-3H3,(H2,17,20). The maximum Gasteiger partial charge on any atom is 0.236 e. The van der Waals surface area contributed by atoms with Crippen molar-refractivity contribution < 1.29 is 4.79 Å². The van der Waals surface area contributed by atoms with Crippen LogP contribution in [0.4, 0.5) is 5.69 Å². The Morgan fingerprint density at radius 3 is 2.70 bits per heavy atom. The Bertz CT molecular complexity index is 449. The fourth-order valence-electron chi connectivity index (χ4n) is 2.09. The fourth-order valence-corrected chi connectivity index (χ4v) is 2.28. The fraction of sp³-hybridized carbons (Fsp3) is 0.533. The Labute approximate surface area is 126 Å². The lowest BCUT2D eigenvalue weighted by Crippen LogP contribution is -2.39. The van der Waals surface area contributed by atoms with Crippen molar-refractivity contribution in [3.05, 3.63) is 28.8 Å². The van der Waals surface area contributed by atoms with Crippen LogP contribution < -0.4 is 16.0 Å². The molecule has 0 radical (unpaired) electrons. The highest BCUT2D eigenvalue weighted by molar-refractivity contribution is 6.30. The van der Waals surface area contributed by atoms with Crippen molar-refractivity contribution >= 4 is 23.2 Å². The van der Waals surface area contributed by atoms with Gasteiger partial charge in [0.05, 0.1) is 6.54 Å². The van der Waals surface area contributed by atoms with Gasteiger partial charge in [-0.05, 0) is 50.6 Å². The number of amides is 1. The van der Waals surface area contributed by atoms with Crippen molar-refractivity contribution in [3.63, 3.8) is 0 Å². The topological polar surface area (TPSA) is 58.4 Å². The van der Waals surface area contributed by atoms with Crippen molar-refractivity contribution in [2.75, 3.05) is 18.0 Å². The van der Waals surface area contributed by atoms with E-state index in [9.17, 15) is 4.79 Å². The van der Waals surface area contributed by atoms with Crippen LogP contribution in [0.25, 0.3) is 0 Å². The van der Waals surface area contributed by atoms with Crippen LogP contribution in [0, 0.1) is 0 Å². The zero-order valence-electron chi connectivity index (χ0n) is 12.4. The summed E-state index contributed by atoms with van der Waals surface area (Å²) in [6.07, 6.45) is 1.07. The van der Waals surface area contributed by atoms with Gasteiger partial charge in [0.25, 0.3) is 0 Å². The first-order valence-electron chi connectivity index (χ1n) is 6.99. The van der Waals surface area contributed by atoms with Crippen LogP contribution in [0.3, 0.4) is 0 Å². The van der Waals surface area contributed by atoms with Crippen LogP contribution in [-0.4, -0.2) is 25.0 Å². The predicted octanol–water partition coefficient (Wildman–Crippen LogP) is 2.54. The van der Waals surface area contributed by atoms with Gasteiger partial charge in [-0.3, -0.25) is 4.79 Å². The Morgan fingerprint density at radius 1 is 1.45 bits per heavy atom. The van der Waals surface area contributed by atoms with Gasteiger partial charge < -0.3 is 16.0 Å². The van der Waals surface area contributed by atoms with E-state index >= 15 is 0 Å². The first-order chi connectivity index (χ1) is 9.45. The minimum Gasteiger partial charge on any atom is -0.368 e. The normalized spacial score (nSPS) is 10.8. The number of nitrogens with zero attached hydrogens (tertiary/aromatic N) is 1. The third-order valence-corrected chi connectivity index (χ3v) is 3.28. The van der Waals surface area contributed by atoms with Gasteiger partial charge in [-0.25, -0.2) is 0 Å². The Hall–Kier alpha value is -1.26. The SMILES string of the molecule is CCCNCc1cc(Cl)ccc1N(CC(N)=O)C(C)C. The summed E-state index contributed by atoms with van der Waals surface area (Å²) in [5, 5.41) is 4.06. The van der Waals surface area contributed by atoms with Crippen LogP contribution in [0.2, 0.25) is 5.02 Å². The summed E-state index contributed by atoms with van der Waals surface area (Å²) in [4.78, 5) is 13.3. The minimum absolute atomic E-state index is 0.189. The smallest absolute Gasteiger partial charge is 0.236 e. The first kappa shape index (κ1) is 16.8. The van der Waals surface area contributed by atoms with E-state index in [1.165, 1.54) is 0 Å². The van der Waals surface area contributed by atoms with E-state index in [4.69, 9.17) is 17.3 Å². The van der Waals surface area contributed by atoms with Gasteiger partial charge in [-0.2, -0.15) is 0 Å². The number of carbonyl (C=O) groups is 1. The third kappa shape index (κ3) is 5.02. The van der Waals surface area contributed by atoms with Gasteiger partial charge in [0.2, 0.25) is 5.91 Å². The summed E-state index contributed by atoms with van der Waals surface area (Å²) in [5.41, 5.74) is 7.44. The summed E-state index contributed by atoms with van der Waals surface area (Å²) >= 11 is 6.08. The number of nitrogens with one attached hydrogen (secondary N) is 1. The van der Waals surface area contributed by atoms with Gasteiger partial charge in [-0.1, -0.05) is 18.5 Å². The summed E-state index contributed by atoms with van der Waals surface area (Å²) in [5.74, 6) is -0.332. The number of primary amides is 1. The van der Waals surface area contributed by atoms with E-state index in [-0.39, 0.29) is 18.5 Å². The van der Waals surface area contributed by atoms with Gasteiger partial charge >= 0.3 is 0 Å². The number of hydrogen-bond donors (Lipinski definition) is 2. The van der Waals surface area contributed by atoms with Gasteiger partial charge in [0.1, 0.15) is 0 Å². The molecular weight excluding hydrogens is 274 g/mol. The average molecular weight is 298 g/mol. The molecule has 0 spiro atoms. The lowest BCUT2D eigenvalue weighted by Gasteiger charge is -2.30. The molecule has 0 aliphatic heterocycles. The molecule has 0 aliphatic carbocycles. The van der Waals surface area contributed by atoms with Gasteiger partial charge in [0.15, 0.2) is 0 Å². The molecule has 0 aromatic heterocycles. The summed E-state index contributed by atoms with van der Waals surface area (Å²) in [6.45, 7) is 8.09. The van der Waals surface area contributed by atoms with Crippen LogP contribution in [0.15, 0.2) is 18.2 Å². The highest BCUT2D eigenvalue weighted by Crippen LogP contribution is 2.26. The van der Waals surface area contributed by atoms with Crippen LogP contribution >= 0.6 is 11.6 Å². The minimum atomic E-state index is -0.332. The molecule has 0 aliphatic rings. The number of halogens is 1. The zero-order chi connectivity index (χ0) is 15.1. The molecule has 0 saturated carbocycles. The van der Waals surface area contributed by atoms with Crippen molar-refractivity contribution in [3.8, 4) is 0 Å². The molecular formula is C15H24ClN3O. The van der Waals surface area contributed by atoms with Crippen LogP contribution in [-0.2, 0) is 11.3 Å². The van der Waals surface area contributed by atoms with Crippen molar-refractivity contribution in [1.29, 1.82) is 0 Å². The Morgan fingerprint density at radius 2 is 2.15 bits per heavy atom. The third-order valence-electron chi connectivity index (χ3n) is 3.04. The molecule has 1 aromatic carbocycles. The number of anilines is 1. The van der Waals surface area contributed by atoms with E-state index in [1.54, 1.807) is 0 Å². The number of benzene rings is 1. The van der Waals surface area contributed by atoms with E-state index in [2.05, 4.69) is 12.2 Å². The number of carbonyl (C=O) groups excluding carboxylic acids is 1. The molecule has 3 N–H and O–H groups in total. The highest BCUT2D eigenvalue weighted by atomic mass is 35.5. The highest BCUT2D eigenvalue weighted by Gasteiger charge is 2.16. The summed E-state index contributed by atoms with van der Waals surface area (Å²) in [6, 6.07) is 5.93. The quantitative estimate of drug-likeness (QED) is 0.725. The van der Waals surface area contributed by atoms with Crippen molar-refractivity contribution in [2.24, 2.45) is 5.73 Å². The van der Waals surface area contributed by atoms with E-state index < -0.39 is 0 Å². The lowest BCUT2D eigenvalue weighted by atomic mass is 10.1. The average Bonchev–Trinajstić information content (AvgIpc) is 2.36. The molecule has 1 amide bonds. The molecule has 20 heavy (non-hydrogen) atoms. The first-order valence-corrected chi connectivity index (χ1v) is 7.37. The second kappa shape index (κ2) is 8.12. The predicted molar refractivity (Wildman–Crippen MR) is 85.1 cm³/mol. The zero-order valence-corrected chi connectivity index (χ0v) is 13.2. The molecule has 0 bridgehead atoms. The number of nitrogens with two attached hydrogens (primary N) is 1. The monoisotopic (exact) mass is 297 g/mol. The molecule has 5 heteroatoms. The second-order valence-corrected chi connectivity index (χ2v) is 5.57. The van der Waals surface area contributed by atoms with Gasteiger partial charge in [-0.15, -0.1) is 0 Å². The van der Waals surface area contributed by atoms with Crippen LogP contribution in [0.5, 0.6) is 0 Å². The van der Waals surface area contributed by atoms with Crippen molar-refractivity contribution in [2.45, 2.75) is 39.8 Å². The largest absolute Gasteiger partial charge is 0.368 e. The van der Waals surface area contributed by atoms with Gasteiger partial charge in [0, 0.05) is 23.3 Å². The molecule has 0 unspecified atom stereocenters. The maximum absolute atomic E-state index is 11.3. The molecule has 1 aromatic rings. The summed E-state index contributed by atoms with van der Waals surface area (Å²) in [7, 11) is 0. The van der Waals surface area contributed by atoms with Crippen LogP contribution in [0.1, 0.15) is 32.8 Å². The Balaban J connectivity index is 3.02. The summed E-state index contributed by atoms with van der Waals surface area (Å²) < 4.78 is 0.